The minimum Gasteiger partial charge on any atom is -0.271 e. The second kappa shape index (κ2) is 6.35. The van der Waals surface area contributed by atoms with Gasteiger partial charge in [-0.3, -0.25) is 11.3 Å². The summed E-state index contributed by atoms with van der Waals surface area (Å²) < 4.78 is 13.3. The maximum Gasteiger partial charge on any atom is 0.123 e. The van der Waals surface area contributed by atoms with E-state index in [1.807, 2.05) is 12.1 Å². The van der Waals surface area contributed by atoms with Gasteiger partial charge in [0.15, 0.2) is 0 Å². The molecule has 2 aromatic carbocycles. The van der Waals surface area contributed by atoms with Crippen molar-refractivity contribution in [2.45, 2.75) is 12.5 Å². The number of hydrogen-bond acceptors (Lipinski definition) is 2. The first-order chi connectivity index (χ1) is 9.10. The Bertz CT molecular complexity index is 558. The first kappa shape index (κ1) is 14.3. The summed E-state index contributed by atoms with van der Waals surface area (Å²) in [5.74, 6) is 5.21. The van der Waals surface area contributed by atoms with E-state index in [2.05, 4.69) is 5.43 Å². The number of benzene rings is 2. The van der Waals surface area contributed by atoms with Gasteiger partial charge in [-0.1, -0.05) is 35.3 Å². The molecule has 0 saturated heterocycles. The minimum absolute atomic E-state index is 0.260. The molecule has 0 aliphatic carbocycles. The molecule has 100 valence electrons. The Kier molecular flexibility index (Phi) is 4.77. The summed E-state index contributed by atoms with van der Waals surface area (Å²) >= 11 is 11.9. The molecule has 3 N–H and O–H groups in total. The van der Waals surface area contributed by atoms with Crippen LogP contribution in [0.1, 0.15) is 17.2 Å². The van der Waals surface area contributed by atoms with Crippen LogP contribution in [0.5, 0.6) is 0 Å². The molecule has 0 saturated carbocycles. The van der Waals surface area contributed by atoms with Gasteiger partial charge in [-0.15, -0.1) is 0 Å². The van der Waals surface area contributed by atoms with Crippen molar-refractivity contribution in [2.24, 2.45) is 5.84 Å². The van der Waals surface area contributed by atoms with Gasteiger partial charge in [-0.2, -0.15) is 0 Å². The fourth-order valence-electron chi connectivity index (χ4n) is 1.90. The lowest BCUT2D eigenvalue weighted by Gasteiger charge is -2.18. The molecule has 0 bridgehead atoms. The Labute approximate surface area is 121 Å². The van der Waals surface area contributed by atoms with Gasteiger partial charge >= 0.3 is 0 Å². The Morgan fingerprint density at radius 3 is 2.42 bits per heavy atom. The summed E-state index contributed by atoms with van der Waals surface area (Å²) in [5.41, 5.74) is 4.34. The third-order valence-corrected chi connectivity index (χ3v) is 3.48. The minimum atomic E-state index is -0.337. The van der Waals surface area contributed by atoms with Crippen molar-refractivity contribution in [3.63, 3.8) is 0 Å². The fraction of sp³-hybridized carbons (Fsp3) is 0.143. The average molecular weight is 299 g/mol. The first-order valence-electron chi connectivity index (χ1n) is 5.75. The van der Waals surface area contributed by atoms with Gasteiger partial charge in [0.1, 0.15) is 5.82 Å². The van der Waals surface area contributed by atoms with E-state index in [1.165, 1.54) is 18.2 Å². The molecule has 2 nitrogen and oxygen atoms in total. The molecule has 0 aliphatic rings. The van der Waals surface area contributed by atoms with E-state index in [9.17, 15) is 4.39 Å². The normalized spacial score (nSPS) is 12.4. The second-order valence-electron chi connectivity index (χ2n) is 4.22. The smallest absolute Gasteiger partial charge is 0.123 e. The topological polar surface area (TPSA) is 38.0 Å². The zero-order valence-electron chi connectivity index (χ0n) is 10.0. The van der Waals surface area contributed by atoms with E-state index in [1.54, 1.807) is 12.1 Å². The number of hydrazine groups is 1. The summed E-state index contributed by atoms with van der Waals surface area (Å²) in [5, 5.41) is 1.16. The highest BCUT2D eigenvalue weighted by atomic mass is 35.5. The lowest BCUT2D eigenvalue weighted by molar-refractivity contribution is 0.544. The number of rotatable bonds is 4. The molecule has 1 unspecified atom stereocenters. The van der Waals surface area contributed by atoms with Crippen molar-refractivity contribution in [1.29, 1.82) is 0 Å². The maximum atomic E-state index is 13.3. The first-order valence-corrected chi connectivity index (χ1v) is 6.51. The van der Waals surface area contributed by atoms with Crippen LogP contribution in [0.2, 0.25) is 10.0 Å². The van der Waals surface area contributed by atoms with Crippen LogP contribution in [0.25, 0.3) is 0 Å². The third kappa shape index (κ3) is 3.67. The predicted octanol–water partition coefficient (Wildman–Crippen LogP) is 3.88. The number of nitrogens with two attached hydrogens (primary N) is 1. The molecule has 5 heteroatoms. The van der Waals surface area contributed by atoms with Crippen molar-refractivity contribution in [1.82, 2.24) is 5.43 Å². The van der Waals surface area contributed by atoms with E-state index in [0.717, 1.165) is 5.56 Å². The molecule has 0 spiro atoms. The zero-order chi connectivity index (χ0) is 13.8. The third-order valence-electron chi connectivity index (χ3n) is 2.89. The summed E-state index contributed by atoms with van der Waals surface area (Å²) in [6.07, 6.45) is 0.594. The number of hydrogen-bond donors (Lipinski definition) is 2. The summed E-state index contributed by atoms with van der Waals surface area (Å²) in [7, 11) is 0. The molecule has 0 aromatic heterocycles. The number of halogens is 3. The van der Waals surface area contributed by atoms with E-state index in [4.69, 9.17) is 29.0 Å². The van der Waals surface area contributed by atoms with Crippen molar-refractivity contribution in [3.8, 4) is 0 Å². The van der Waals surface area contributed by atoms with E-state index >= 15 is 0 Å². The molecule has 0 fully saturated rings. The van der Waals surface area contributed by atoms with Gasteiger partial charge < -0.3 is 0 Å². The molecular formula is C14H13Cl2FN2. The summed E-state index contributed by atoms with van der Waals surface area (Å²) in [4.78, 5) is 0. The molecule has 1 atom stereocenters. The highest BCUT2D eigenvalue weighted by molar-refractivity contribution is 6.31. The summed E-state index contributed by atoms with van der Waals surface area (Å²) in [6.45, 7) is 0. The summed E-state index contributed by atoms with van der Waals surface area (Å²) in [6, 6.07) is 11.4. The molecule has 0 aliphatic heterocycles. The second-order valence-corrected chi connectivity index (χ2v) is 5.06. The van der Waals surface area contributed by atoms with Crippen LogP contribution in [0.3, 0.4) is 0 Å². The van der Waals surface area contributed by atoms with Crippen molar-refractivity contribution in [3.05, 3.63) is 69.5 Å². The molecule has 0 radical (unpaired) electrons. The standard InChI is InChI=1S/C14H13Cl2FN2/c15-10-3-1-9(2-4-10)7-14(19-18)12-8-11(17)5-6-13(12)16/h1-6,8,14,19H,7,18H2. The van der Waals surface area contributed by atoms with Crippen LogP contribution in [0.15, 0.2) is 42.5 Å². The van der Waals surface area contributed by atoms with Crippen LogP contribution in [-0.4, -0.2) is 0 Å². The van der Waals surface area contributed by atoms with E-state index in [-0.39, 0.29) is 11.9 Å². The van der Waals surface area contributed by atoms with Gasteiger partial charge in [-0.05, 0) is 47.9 Å². The quantitative estimate of drug-likeness (QED) is 0.664. The van der Waals surface area contributed by atoms with Gasteiger partial charge in [0, 0.05) is 10.0 Å². The zero-order valence-corrected chi connectivity index (χ0v) is 11.5. The van der Waals surface area contributed by atoms with Gasteiger partial charge in [0.25, 0.3) is 0 Å². The Morgan fingerprint density at radius 1 is 1.11 bits per heavy atom. The molecule has 0 heterocycles. The SMILES string of the molecule is NNC(Cc1ccc(Cl)cc1)c1cc(F)ccc1Cl. The van der Waals surface area contributed by atoms with Crippen LogP contribution in [0, 0.1) is 5.82 Å². The molecule has 2 aromatic rings. The van der Waals surface area contributed by atoms with Gasteiger partial charge in [0.2, 0.25) is 0 Å². The monoisotopic (exact) mass is 298 g/mol. The van der Waals surface area contributed by atoms with Crippen LogP contribution < -0.4 is 11.3 Å². The lowest BCUT2D eigenvalue weighted by atomic mass is 9.99. The lowest BCUT2D eigenvalue weighted by Crippen LogP contribution is -2.29. The van der Waals surface area contributed by atoms with Crippen molar-refractivity contribution >= 4 is 23.2 Å². The van der Waals surface area contributed by atoms with Gasteiger partial charge in [0.05, 0.1) is 6.04 Å². The van der Waals surface area contributed by atoms with Crippen molar-refractivity contribution in [2.75, 3.05) is 0 Å². The Morgan fingerprint density at radius 2 is 1.79 bits per heavy atom. The van der Waals surface area contributed by atoms with Crippen molar-refractivity contribution < 1.29 is 4.39 Å². The maximum absolute atomic E-state index is 13.3. The molecule has 0 amide bonds. The van der Waals surface area contributed by atoms with Crippen LogP contribution in [-0.2, 0) is 6.42 Å². The van der Waals surface area contributed by atoms with E-state index in [0.29, 0.717) is 22.0 Å². The largest absolute Gasteiger partial charge is 0.271 e. The van der Waals surface area contributed by atoms with Gasteiger partial charge in [-0.25, -0.2) is 4.39 Å². The Hall–Kier alpha value is -1.13. The molecular weight excluding hydrogens is 286 g/mol. The average Bonchev–Trinajstić information content (AvgIpc) is 2.41. The highest BCUT2D eigenvalue weighted by Crippen LogP contribution is 2.26. The highest BCUT2D eigenvalue weighted by Gasteiger charge is 2.15. The Balaban J connectivity index is 2.24. The predicted molar refractivity (Wildman–Crippen MR) is 76.6 cm³/mol. The fourth-order valence-corrected chi connectivity index (χ4v) is 2.27. The van der Waals surface area contributed by atoms with Crippen LogP contribution in [0.4, 0.5) is 4.39 Å². The van der Waals surface area contributed by atoms with E-state index < -0.39 is 0 Å². The van der Waals surface area contributed by atoms with Crippen LogP contribution >= 0.6 is 23.2 Å². The molecule has 2 rings (SSSR count). The number of nitrogens with one attached hydrogen (secondary N) is 1. The molecule has 19 heavy (non-hydrogen) atoms.